The molecule has 0 unspecified atom stereocenters. The molecule has 6 nitrogen and oxygen atoms in total. The van der Waals surface area contributed by atoms with Gasteiger partial charge in [0.15, 0.2) is 5.17 Å². The molecule has 0 spiro atoms. The maximum absolute atomic E-state index is 14.0. The molecule has 1 fully saturated rings. The van der Waals surface area contributed by atoms with Crippen molar-refractivity contribution in [1.29, 1.82) is 0 Å². The van der Waals surface area contributed by atoms with Crippen molar-refractivity contribution in [1.82, 2.24) is 0 Å². The van der Waals surface area contributed by atoms with Crippen molar-refractivity contribution in [2.24, 2.45) is 4.99 Å². The number of methoxy groups -OCH3 is 1. The van der Waals surface area contributed by atoms with Gasteiger partial charge in [0.05, 0.1) is 29.2 Å². The largest absolute Gasteiger partial charge is 0.497 e. The van der Waals surface area contributed by atoms with Gasteiger partial charge in [0.1, 0.15) is 10.7 Å². The van der Waals surface area contributed by atoms with E-state index in [2.05, 4.69) is 48.8 Å². The maximum atomic E-state index is 14.0. The molecule has 5 rings (SSSR count). The van der Waals surface area contributed by atoms with E-state index in [1.165, 1.54) is 17.4 Å². The Labute approximate surface area is 233 Å². The fraction of sp³-hybridized carbons (Fsp3) is 0.267. The van der Waals surface area contributed by atoms with E-state index < -0.39 is 0 Å². The highest BCUT2D eigenvalue weighted by Gasteiger charge is 2.40. The van der Waals surface area contributed by atoms with Gasteiger partial charge in [-0.15, -0.1) is 0 Å². The molecule has 0 atom stereocenters. The zero-order valence-corrected chi connectivity index (χ0v) is 24.2. The van der Waals surface area contributed by atoms with E-state index in [9.17, 15) is 4.79 Å². The van der Waals surface area contributed by atoms with Crippen LogP contribution in [-0.2, 0) is 4.79 Å². The highest BCUT2D eigenvalue weighted by atomic mass is 32.2. The SMILES string of the molecule is CCN(CC)c1ccc(N=C2SC(=C3Sc4ccc(OC)cc4N3C)C(=O)N2c2ccc(C)cc2)c(C)c1. The minimum atomic E-state index is -0.0656. The third kappa shape index (κ3) is 4.78. The summed E-state index contributed by atoms with van der Waals surface area (Å²) in [5.74, 6) is 0.726. The van der Waals surface area contributed by atoms with Gasteiger partial charge in [-0.2, -0.15) is 0 Å². The fourth-order valence-corrected chi connectivity index (χ4v) is 6.92. The Kier molecular flexibility index (Phi) is 7.45. The zero-order chi connectivity index (χ0) is 27.0. The molecule has 8 heteroatoms. The van der Waals surface area contributed by atoms with Crippen molar-refractivity contribution >= 4 is 57.3 Å². The first-order valence-electron chi connectivity index (χ1n) is 12.7. The van der Waals surface area contributed by atoms with E-state index in [-0.39, 0.29) is 5.91 Å². The monoisotopic (exact) mass is 544 g/mol. The molecule has 0 aromatic heterocycles. The molecule has 0 N–H and O–H groups in total. The van der Waals surface area contributed by atoms with Gasteiger partial charge in [-0.25, -0.2) is 4.99 Å². The first kappa shape index (κ1) is 26.3. The number of rotatable bonds is 6. The van der Waals surface area contributed by atoms with Crippen LogP contribution in [0.3, 0.4) is 0 Å². The molecule has 3 aromatic rings. The molecule has 38 heavy (non-hydrogen) atoms. The number of ether oxygens (including phenoxy) is 1. The number of amides is 1. The number of benzene rings is 3. The van der Waals surface area contributed by atoms with Gasteiger partial charge in [-0.1, -0.05) is 29.5 Å². The Balaban J connectivity index is 1.58. The van der Waals surface area contributed by atoms with Gasteiger partial charge in [-0.3, -0.25) is 9.69 Å². The summed E-state index contributed by atoms with van der Waals surface area (Å²) in [5.41, 5.74) is 6.10. The molecule has 1 amide bonds. The average Bonchev–Trinajstić information content (AvgIpc) is 3.42. The number of thioether (sulfide) groups is 2. The van der Waals surface area contributed by atoms with E-state index in [4.69, 9.17) is 9.73 Å². The second kappa shape index (κ2) is 10.8. The first-order valence-corrected chi connectivity index (χ1v) is 14.3. The molecule has 0 bridgehead atoms. The Morgan fingerprint density at radius 2 is 1.68 bits per heavy atom. The third-order valence-corrected chi connectivity index (χ3v) is 9.23. The van der Waals surface area contributed by atoms with E-state index >= 15 is 0 Å². The lowest BCUT2D eigenvalue weighted by Crippen LogP contribution is -2.29. The maximum Gasteiger partial charge on any atom is 0.274 e. The summed E-state index contributed by atoms with van der Waals surface area (Å²) < 4.78 is 5.43. The predicted molar refractivity (Wildman–Crippen MR) is 162 cm³/mol. The number of hydrogen-bond donors (Lipinski definition) is 0. The number of carbonyl (C=O) groups excluding carboxylic acids is 1. The molecule has 0 saturated carbocycles. The van der Waals surface area contributed by atoms with E-state index in [1.807, 2.05) is 56.4 Å². The van der Waals surface area contributed by atoms with Crippen LogP contribution in [-0.4, -0.2) is 38.3 Å². The number of aryl methyl sites for hydroxylation is 2. The summed E-state index contributed by atoms with van der Waals surface area (Å²) in [5, 5.41) is 1.56. The van der Waals surface area contributed by atoms with Crippen molar-refractivity contribution in [2.75, 3.05) is 41.9 Å². The predicted octanol–water partition coefficient (Wildman–Crippen LogP) is 7.34. The normalized spacial score (nSPS) is 17.9. The van der Waals surface area contributed by atoms with Crippen LogP contribution in [0, 0.1) is 13.8 Å². The van der Waals surface area contributed by atoms with Crippen molar-refractivity contribution in [2.45, 2.75) is 32.6 Å². The van der Waals surface area contributed by atoms with Crippen LogP contribution in [0.25, 0.3) is 0 Å². The number of carbonyl (C=O) groups is 1. The molecule has 0 aliphatic carbocycles. The quantitative estimate of drug-likeness (QED) is 0.303. The summed E-state index contributed by atoms with van der Waals surface area (Å²) in [6.45, 7) is 10.3. The van der Waals surface area contributed by atoms with Crippen molar-refractivity contribution in [3.8, 4) is 5.75 Å². The highest BCUT2D eigenvalue weighted by molar-refractivity contribution is 8.20. The van der Waals surface area contributed by atoms with E-state index in [1.54, 1.807) is 23.8 Å². The summed E-state index contributed by atoms with van der Waals surface area (Å²) in [6, 6.07) is 20.4. The molecule has 2 aliphatic heterocycles. The first-order chi connectivity index (χ1) is 18.3. The fourth-order valence-electron chi connectivity index (χ4n) is 4.61. The van der Waals surface area contributed by atoms with Gasteiger partial charge in [0.25, 0.3) is 5.91 Å². The zero-order valence-electron chi connectivity index (χ0n) is 22.6. The smallest absolute Gasteiger partial charge is 0.274 e. The van der Waals surface area contributed by atoms with Crippen LogP contribution in [0.1, 0.15) is 25.0 Å². The molecular formula is C30H32N4O2S2. The Morgan fingerprint density at radius 1 is 0.947 bits per heavy atom. The van der Waals surface area contributed by atoms with E-state index in [0.29, 0.717) is 10.1 Å². The molecule has 1 saturated heterocycles. The van der Waals surface area contributed by atoms with Gasteiger partial charge in [0, 0.05) is 36.8 Å². The average molecular weight is 545 g/mol. The van der Waals surface area contributed by atoms with Gasteiger partial charge in [-0.05, 0) is 87.5 Å². The lowest BCUT2D eigenvalue weighted by atomic mass is 10.1. The van der Waals surface area contributed by atoms with Crippen molar-refractivity contribution < 1.29 is 9.53 Å². The highest BCUT2D eigenvalue weighted by Crippen LogP contribution is 2.51. The van der Waals surface area contributed by atoms with Crippen LogP contribution < -0.4 is 19.4 Å². The number of amidine groups is 1. The molecule has 2 heterocycles. The second-order valence-corrected chi connectivity index (χ2v) is 11.3. The topological polar surface area (TPSA) is 48.4 Å². The van der Waals surface area contributed by atoms with Gasteiger partial charge >= 0.3 is 0 Å². The van der Waals surface area contributed by atoms with Crippen LogP contribution in [0.4, 0.5) is 22.7 Å². The van der Waals surface area contributed by atoms with Gasteiger partial charge < -0.3 is 14.5 Å². The Bertz CT molecular complexity index is 1450. The second-order valence-electron chi connectivity index (χ2n) is 9.24. The Hall–Kier alpha value is -3.36. The molecule has 0 radical (unpaired) electrons. The lowest BCUT2D eigenvalue weighted by Gasteiger charge is -2.22. The minimum Gasteiger partial charge on any atom is -0.497 e. The minimum absolute atomic E-state index is 0.0656. The van der Waals surface area contributed by atoms with Crippen LogP contribution >= 0.6 is 23.5 Å². The number of fused-ring (bicyclic) bond motifs is 1. The summed E-state index contributed by atoms with van der Waals surface area (Å²) >= 11 is 3.04. The van der Waals surface area contributed by atoms with Crippen LogP contribution in [0.5, 0.6) is 5.75 Å². The summed E-state index contributed by atoms with van der Waals surface area (Å²) in [6.07, 6.45) is 0. The molecule has 3 aromatic carbocycles. The van der Waals surface area contributed by atoms with Crippen molar-refractivity contribution in [3.63, 3.8) is 0 Å². The summed E-state index contributed by atoms with van der Waals surface area (Å²) in [7, 11) is 3.66. The molecule has 196 valence electrons. The standard InChI is InChI=1S/C30H32N4O2S2/c1-7-33(8-2)22-13-15-24(20(4)17-22)31-30-34(21-11-9-19(3)10-12-21)28(35)27(38-30)29-32(5)25-18-23(36-6)14-16-26(25)37-29/h9-18H,7-8H2,1-6H3. The molecular weight excluding hydrogens is 512 g/mol. The number of aliphatic imine (C=N–C) groups is 1. The Morgan fingerprint density at radius 3 is 2.34 bits per heavy atom. The van der Waals surface area contributed by atoms with Crippen LogP contribution in [0.15, 0.2) is 80.5 Å². The third-order valence-electron chi connectivity index (χ3n) is 6.83. The lowest BCUT2D eigenvalue weighted by molar-refractivity contribution is -0.113. The molecule has 2 aliphatic rings. The number of anilines is 3. The number of nitrogens with zero attached hydrogens (tertiary/aromatic N) is 4. The van der Waals surface area contributed by atoms with Gasteiger partial charge in [0.2, 0.25) is 0 Å². The van der Waals surface area contributed by atoms with Crippen molar-refractivity contribution in [3.05, 3.63) is 81.7 Å². The van der Waals surface area contributed by atoms with Crippen LogP contribution in [0.2, 0.25) is 0 Å². The van der Waals surface area contributed by atoms with E-state index in [0.717, 1.165) is 57.0 Å². The summed E-state index contributed by atoms with van der Waals surface area (Å²) in [4.78, 5) is 26.9. The number of hydrogen-bond acceptors (Lipinski definition) is 7.